The van der Waals surface area contributed by atoms with E-state index in [4.69, 9.17) is 14.2 Å². The molecular formula is C14H20ClNO4. The van der Waals surface area contributed by atoms with Crippen LogP contribution in [0, 0.1) is 5.41 Å². The van der Waals surface area contributed by atoms with Gasteiger partial charge in [-0.15, -0.1) is 12.4 Å². The monoisotopic (exact) mass is 301 g/mol. The normalized spacial score (nSPS) is 20.2. The van der Waals surface area contributed by atoms with E-state index >= 15 is 0 Å². The van der Waals surface area contributed by atoms with Gasteiger partial charge in [-0.05, 0) is 18.2 Å². The quantitative estimate of drug-likeness (QED) is 0.932. The van der Waals surface area contributed by atoms with Crippen molar-refractivity contribution in [3.8, 4) is 11.5 Å². The van der Waals surface area contributed by atoms with Gasteiger partial charge in [0.1, 0.15) is 18.1 Å². The zero-order chi connectivity index (χ0) is 14.0. The van der Waals surface area contributed by atoms with Crippen LogP contribution in [-0.4, -0.2) is 26.9 Å². The third kappa shape index (κ3) is 3.10. The molecule has 112 valence electrons. The van der Waals surface area contributed by atoms with E-state index < -0.39 is 6.09 Å². The zero-order valence-corrected chi connectivity index (χ0v) is 12.9. The van der Waals surface area contributed by atoms with Crippen LogP contribution < -0.4 is 14.8 Å². The average molecular weight is 302 g/mol. The minimum absolute atomic E-state index is 0. The van der Waals surface area contributed by atoms with Crippen LogP contribution in [0.3, 0.4) is 0 Å². The summed E-state index contributed by atoms with van der Waals surface area (Å²) >= 11 is 0. The number of carbonyl (C=O) groups excluding carboxylic acids is 1. The summed E-state index contributed by atoms with van der Waals surface area (Å²) in [6.45, 7) is 4.44. The topological polar surface area (TPSA) is 56.8 Å². The highest BCUT2D eigenvalue weighted by molar-refractivity contribution is 5.85. The van der Waals surface area contributed by atoms with E-state index in [9.17, 15) is 4.79 Å². The van der Waals surface area contributed by atoms with Crippen LogP contribution >= 0.6 is 12.4 Å². The predicted octanol–water partition coefficient (Wildman–Crippen LogP) is 2.93. The Kier molecular flexibility index (Phi) is 5.11. The number of nitrogens with one attached hydrogen (secondary N) is 1. The van der Waals surface area contributed by atoms with E-state index in [0.717, 1.165) is 17.1 Å². The average Bonchev–Trinajstić information content (AvgIpc) is 2.41. The van der Waals surface area contributed by atoms with Gasteiger partial charge < -0.3 is 19.5 Å². The van der Waals surface area contributed by atoms with Crippen molar-refractivity contribution in [3.63, 3.8) is 0 Å². The zero-order valence-electron chi connectivity index (χ0n) is 12.1. The maximum absolute atomic E-state index is 11.5. The van der Waals surface area contributed by atoms with Crippen molar-refractivity contribution in [3.05, 3.63) is 23.8 Å². The number of carbonyl (C=O) groups is 1. The van der Waals surface area contributed by atoms with Crippen LogP contribution in [-0.2, 0) is 4.74 Å². The van der Waals surface area contributed by atoms with E-state index in [2.05, 4.69) is 5.32 Å². The molecule has 1 fully saturated rings. The molecule has 1 atom stereocenters. The first-order valence-corrected chi connectivity index (χ1v) is 6.13. The molecule has 1 saturated heterocycles. The molecule has 0 aromatic heterocycles. The second-order valence-electron chi connectivity index (χ2n) is 5.25. The fourth-order valence-electron chi connectivity index (χ4n) is 2.25. The molecule has 6 heteroatoms. The van der Waals surface area contributed by atoms with E-state index in [-0.39, 0.29) is 23.9 Å². The van der Waals surface area contributed by atoms with E-state index in [0.29, 0.717) is 6.61 Å². The Hall–Kier alpha value is -1.62. The summed E-state index contributed by atoms with van der Waals surface area (Å²) in [6, 6.07) is 5.37. The SMILES string of the molecule is COc1ccc(OC)c([C@@H]2NC(=O)OCC2(C)C)c1.Cl. The van der Waals surface area contributed by atoms with Crippen LogP contribution in [0.1, 0.15) is 25.5 Å². The molecule has 1 amide bonds. The number of cyclic esters (lactones) is 1. The first-order valence-electron chi connectivity index (χ1n) is 6.13. The van der Waals surface area contributed by atoms with Gasteiger partial charge in [0.25, 0.3) is 0 Å². The molecule has 0 unspecified atom stereocenters. The standard InChI is InChI=1S/C14H19NO4.ClH/c1-14(2)8-19-13(16)15-12(14)10-7-9(17-3)5-6-11(10)18-4;/h5-7,12H,8H2,1-4H3,(H,15,16);1H/t12-;/m0./s1. The Labute approximate surface area is 125 Å². The van der Waals surface area contributed by atoms with E-state index in [1.165, 1.54) is 0 Å². The lowest BCUT2D eigenvalue weighted by Gasteiger charge is -2.39. The second-order valence-corrected chi connectivity index (χ2v) is 5.25. The molecule has 1 N–H and O–H groups in total. The van der Waals surface area contributed by atoms with Crippen LogP contribution in [0.4, 0.5) is 4.79 Å². The van der Waals surface area contributed by atoms with Gasteiger partial charge in [0.05, 0.1) is 20.3 Å². The summed E-state index contributed by atoms with van der Waals surface area (Å²) in [5, 5.41) is 2.85. The highest BCUT2D eigenvalue weighted by Gasteiger charge is 2.39. The number of benzene rings is 1. The van der Waals surface area contributed by atoms with Crippen molar-refractivity contribution in [1.29, 1.82) is 0 Å². The van der Waals surface area contributed by atoms with Gasteiger partial charge in [-0.3, -0.25) is 0 Å². The smallest absolute Gasteiger partial charge is 0.407 e. The molecule has 20 heavy (non-hydrogen) atoms. The van der Waals surface area contributed by atoms with Crippen molar-refractivity contribution in [2.24, 2.45) is 5.41 Å². The largest absolute Gasteiger partial charge is 0.497 e. The highest BCUT2D eigenvalue weighted by atomic mass is 35.5. The molecule has 0 saturated carbocycles. The molecular weight excluding hydrogens is 282 g/mol. The molecule has 1 aliphatic rings. The first-order chi connectivity index (χ1) is 8.97. The Morgan fingerprint density at radius 3 is 2.60 bits per heavy atom. The Morgan fingerprint density at radius 2 is 2.00 bits per heavy atom. The van der Waals surface area contributed by atoms with Gasteiger partial charge in [-0.1, -0.05) is 13.8 Å². The lowest BCUT2D eigenvalue weighted by atomic mass is 9.80. The van der Waals surface area contributed by atoms with E-state index in [1.54, 1.807) is 14.2 Å². The molecule has 0 bridgehead atoms. The van der Waals surface area contributed by atoms with Gasteiger partial charge in [0.15, 0.2) is 0 Å². The van der Waals surface area contributed by atoms with Crippen LogP contribution in [0.5, 0.6) is 11.5 Å². The summed E-state index contributed by atoms with van der Waals surface area (Å²) in [4.78, 5) is 11.5. The summed E-state index contributed by atoms with van der Waals surface area (Å²) < 4.78 is 15.7. The number of alkyl carbamates (subject to hydrolysis) is 1. The first kappa shape index (κ1) is 16.4. The van der Waals surface area contributed by atoms with Gasteiger partial charge in [-0.2, -0.15) is 0 Å². The molecule has 5 nitrogen and oxygen atoms in total. The Balaban J connectivity index is 0.00000200. The van der Waals surface area contributed by atoms with Gasteiger partial charge in [-0.25, -0.2) is 4.79 Å². The summed E-state index contributed by atoms with van der Waals surface area (Å²) in [7, 11) is 3.22. The van der Waals surface area contributed by atoms with Gasteiger partial charge in [0.2, 0.25) is 0 Å². The van der Waals surface area contributed by atoms with Gasteiger partial charge in [0, 0.05) is 11.0 Å². The molecule has 2 rings (SSSR count). The minimum Gasteiger partial charge on any atom is -0.497 e. The van der Waals surface area contributed by atoms with Gasteiger partial charge >= 0.3 is 6.09 Å². The fraction of sp³-hybridized carbons (Fsp3) is 0.500. The summed E-state index contributed by atoms with van der Waals surface area (Å²) in [5.74, 6) is 1.45. The lowest BCUT2D eigenvalue weighted by molar-refractivity contribution is 0.0380. The summed E-state index contributed by atoms with van der Waals surface area (Å²) in [5.41, 5.74) is 0.664. The van der Waals surface area contributed by atoms with Crippen LogP contribution in [0.25, 0.3) is 0 Å². The van der Waals surface area contributed by atoms with Crippen molar-refractivity contribution in [1.82, 2.24) is 5.32 Å². The third-order valence-corrected chi connectivity index (χ3v) is 3.37. The van der Waals surface area contributed by atoms with Crippen LogP contribution in [0.2, 0.25) is 0 Å². The minimum atomic E-state index is -0.408. The van der Waals surface area contributed by atoms with E-state index in [1.807, 2.05) is 32.0 Å². The number of hydrogen-bond donors (Lipinski definition) is 1. The number of hydrogen-bond acceptors (Lipinski definition) is 4. The third-order valence-electron chi connectivity index (χ3n) is 3.37. The Bertz CT molecular complexity index is 490. The maximum Gasteiger partial charge on any atom is 0.407 e. The molecule has 0 radical (unpaired) electrons. The lowest BCUT2D eigenvalue weighted by Crippen LogP contribution is -2.47. The molecule has 1 aliphatic heterocycles. The molecule has 0 spiro atoms. The number of ether oxygens (including phenoxy) is 3. The number of amides is 1. The number of methoxy groups -OCH3 is 2. The number of rotatable bonds is 3. The number of halogens is 1. The second kappa shape index (κ2) is 6.22. The van der Waals surface area contributed by atoms with Crippen molar-refractivity contribution >= 4 is 18.5 Å². The predicted molar refractivity (Wildman–Crippen MR) is 77.8 cm³/mol. The Morgan fingerprint density at radius 1 is 1.30 bits per heavy atom. The molecule has 1 heterocycles. The molecule has 0 aliphatic carbocycles. The fourth-order valence-corrected chi connectivity index (χ4v) is 2.25. The van der Waals surface area contributed by atoms with Crippen LogP contribution in [0.15, 0.2) is 18.2 Å². The van der Waals surface area contributed by atoms with Crippen molar-refractivity contribution in [2.45, 2.75) is 19.9 Å². The van der Waals surface area contributed by atoms with Crippen molar-refractivity contribution < 1.29 is 19.0 Å². The summed E-state index contributed by atoms with van der Waals surface area (Å²) in [6.07, 6.45) is -0.408. The van der Waals surface area contributed by atoms with Crippen molar-refractivity contribution in [2.75, 3.05) is 20.8 Å². The molecule has 1 aromatic rings. The maximum atomic E-state index is 11.5. The highest BCUT2D eigenvalue weighted by Crippen LogP contribution is 2.41. The molecule has 1 aromatic carbocycles.